The fourth-order valence-corrected chi connectivity index (χ4v) is 4.79. The second-order valence-corrected chi connectivity index (χ2v) is 8.44. The van der Waals surface area contributed by atoms with Crippen molar-refractivity contribution in [3.63, 3.8) is 0 Å². The minimum atomic E-state index is 0.588. The van der Waals surface area contributed by atoms with Crippen LogP contribution in [0.25, 0.3) is 55.3 Å². The molecule has 6 rings (SSSR count). The van der Waals surface area contributed by atoms with Crippen molar-refractivity contribution in [1.82, 2.24) is 0 Å². The third-order valence-corrected chi connectivity index (χ3v) is 6.44. The van der Waals surface area contributed by atoms with Gasteiger partial charge in [-0.15, -0.1) is 0 Å². The zero-order valence-electron chi connectivity index (χ0n) is 18.8. The number of benzene rings is 5. The lowest BCUT2D eigenvalue weighted by Crippen LogP contribution is -1.88. The van der Waals surface area contributed by atoms with E-state index in [1.807, 2.05) is 72.8 Å². The number of rotatable bonds is 4. The monoisotopic (exact) mass is 448 g/mol. The molecule has 0 bridgehead atoms. The molecule has 1 aromatic heterocycles. The third kappa shape index (κ3) is 3.40. The SMILES string of the molecule is N#Cc1ccccc1-c1ccc(C=N)c2c1oc1c(-c3ccccc3)cc(-c3ccccc3)cc12. The molecule has 1 heterocycles. The lowest BCUT2D eigenvalue weighted by Gasteiger charge is -2.08. The first-order valence-corrected chi connectivity index (χ1v) is 11.4. The van der Waals surface area contributed by atoms with Crippen LogP contribution in [0.15, 0.2) is 114 Å². The van der Waals surface area contributed by atoms with Gasteiger partial charge in [-0.25, -0.2) is 0 Å². The van der Waals surface area contributed by atoms with Crippen LogP contribution in [-0.2, 0) is 0 Å². The number of nitrogens with one attached hydrogen (secondary N) is 1. The minimum absolute atomic E-state index is 0.588. The van der Waals surface area contributed by atoms with E-state index in [4.69, 9.17) is 9.83 Å². The van der Waals surface area contributed by atoms with Crippen LogP contribution in [0.5, 0.6) is 0 Å². The van der Waals surface area contributed by atoms with Gasteiger partial charge in [-0.2, -0.15) is 5.26 Å². The highest BCUT2D eigenvalue weighted by Gasteiger charge is 2.20. The molecule has 0 saturated heterocycles. The first kappa shape index (κ1) is 20.7. The van der Waals surface area contributed by atoms with Crippen LogP contribution in [0.1, 0.15) is 11.1 Å². The van der Waals surface area contributed by atoms with Gasteiger partial charge in [-0.3, -0.25) is 0 Å². The Bertz CT molecular complexity index is 1760. The highest BCUT2D eigenvalue weighted by molar-refractivity contribution is 6.19. The van der Waals surface area contributed by atoms with Gasteiger partial charge in [0, 0.05) is 39.2 Å². The Balaban J connectivity index is 1.77. The van der Waals surface area contributed by atoms with Crippen LogP contribution >= 0.6 is 0 Å². The molecule has 3 nitrogen and oxygen atoms in total. The number of fused-ring (bicyclic) bond motifs is 3. The molecule has 3 heteroatoms. The highest BCUT2D eigenvalue weighted by atomic mass is 16.3. The Morgan fingerprint density at radius 1 is 0.629 bits per heavy atom. The van der Waals surface area contributed by atoms with Crippen LogP contribution < -0.4 is 0 Å². The van der Waals surface area contributed by atoms with E-state index < -0.39 is 0 Å². The maximum Gasteiger partial charge on any atom is 0.143 e. The summed E-state index contributed by atoms with van der Waals surface area (Å²) in [4.78, 5) is 0. The minimum Gasteiger partial charge on any atom is -0.455 e. The molecule has 0 fully saturated rings. The maximum absolute atomic E-state index is 9.73. The molecule has 1 N–H and O–H groups in total. The van der Waals surface area contributed by atoms with E-state index in [1.54, 1.807) is 0 Å². The fraction of sp³-hybridized carbons (Fsp3) is 0. The van der Waals surface area contributed by atoms with Gasteiger partial charge < -0.3 is 9.83 Å². The predicted molar refractivity (Wildman–Crippen MR) is 143 cm³/mol. The van der Waals surface area contributed by atoms with Crippen LogP contribution in [0.3, 0.4) is 0 Å². The van der Waals surface area contributed by atoms with Gasteiger partial charge in [-0.05, 0) is 41.0 Å². The molecule has 0 aliphatic rings. The van der Waals surface area contributed by atoms with E-state index in [0.717, 1.165) is 55.3 Å². The summed E-state index contributed by atoms with van der Waals surface area (Å²) >= 11 is 0. The van der Waals surface area contributed by atoms with Gasteiger partial charge >= 0.3 is 0 Å². The van der Waals surface area contributed by atoms with Crippen molar-refractivity contribution in [2.45, 2.75) is 0 Å². The Kier molecular flexibility index (Phi) is 4.98. The summed E-state index contributed by atoms with van der Waals surface area (Å²) in [5, 5.41) is 19.7. The van der Waals surface area contributed by atoms with Crippen molar-refractivity contribution in [1.29, 1.82) is 10.7 Å². The van der Waals surface area contributed by atoms with Crippen molar-refractivity contribution in [3.8, 4) is 39.4 Å². The van der Waals surface area contributed by atoms with Crippen molar-refractivity contribution in [2.75, 3.05) is 0 Å². The standard InChI is InChI=1S/C32H20N2O/c33-19-23-13-7-8-14-26(23)27-16-15-24(20-34)30-29-18-25(21-9-3-1-4-10-21)17-28(31(29)35-32(27)30)22-11-5-2-6-12-22/h1-18,20,34H. The van der Waals surface area contributed by atoms with Crippen molar-refractivity contribution < 1.29 is 4.42 Å². The van der Waals surface area contributed by atoms with E-state index >= 15 is 0 Å². The summed E-state index contributed by atoms with van der Waals surface area (Å²) < 4.78 is 6.64. The average Bonchev–Trinajstić information content (AvgIpc) is 3.33. The summed E-state index contributed by atoms with van der Waals surface area (Å²) in [5.41, 5.74) is 8.74. The topological polar surface area (TPSA) is 60.8 Å². The van der Waals surface area contributed by atoms with Gasteiger partial charge in [0.05, 0.1) is 11.6 Å². The summed E-state index contributed by atoms with van der Waals surface area (Å²) in [6, 6.07) is 38.6. The van der Waals surface area contributed by atoms with E-state index in [9.17, 15) is 5.26 Å². The van der Waals surface area contributed by atoms with E-state index in [-0.39, 0.29) is 0 Å². The Hall–Kier alpha value is -4.94. The van der Waals surface area contributed by atoms with Gasteiger partial charge in [0.25, 0.3) is 0 Å². The smallest absolute Gasteiger partial charge is 0.143 e. The molecule has 164 valence electrons. The fourth-order valence-electron chi connectivity index (χ4n) is 4.79. The predicted octanol–water partition coefficient (Wildman–Crippen LogP) is 8.46. The summed E-state index contributed by atoms with van der Waals surface area (Å²) in [5.74, 6) is 0. The van der Waals surface area contributed by atoms with Crippen LogP contribution in [0.4, 0.5) is 0 Å². The summed E-state index contributed by atoms with van der Waals surface area (Å²) in [6.45, 7) is 0. The average molecular weight is 449 g/mol. The maximum atomic E-state index is 9.73. The molecule has 5 aromatic carbocycles. The molecule has 0 aliphatic carbocycles. The van der Waals surface area contributed by atoms with E-state index in [2.05, 4.69) is 42.5 Å². The summed E-state index contributed by atoms with van der Waals surface area (Å²) in [6.07, 6.45) is 1.37. The quantitative estimate of drug-likeness (QED) is 0.275. The molecule has 6 aromatic rings. The van der Waals surface area contributed by atoms with Crippen molar-refractivity contribution >= 4 is 28.2 Å². The van der Waals surface area contributed by atoms with Crippen LogP contribution in [-0.4, -0.2) is 6.21 Å². The number of furan rings is 1. The van der Waals surface area contributed by atoms with Crippen molar-refractivity contribution in [2.24, 2.45) is 0 Å². The molecule has 35 heavy (non-hydrogen) atoms. The molecule has 0 saturated carbocycles. The zero-order chi connectivity index (χ0) is 23.8. The number of nitriles is 1. The molecule has 0 atom stereocenters. The van der Waals surface area contributed by atoms with Gasteiger partial charge in [-0.1, -0.05) is 84.9 Å². The van der Waals surface area contributed by atoms with E-state index in [1.165, 1.54) is 6.21 Å². The molecular formula is C32H20N2O. The van der Waals surface area contributed by atoms with Gasteiger partial charge in [0.1, 0.15) is 11.2 Å². The first-order valence-electron chi connectivity index (χ1n) is 11.4. The Morgan fingerprint density at radius 2 is 1.31 bits per heavy atom. The second kappa shape index (κ2) is 8.44. The first-order chi connectivity index (χ1) is 17.3. The molecule has 0 aliphatic heterocycles. The van der Waals surface area contributed by atoms with Gasteiger partial charge in [0.15, 0.2) is 0 Å². The third-order valence-electron chi connectivity index (χ3n) is 6.44. The largest absolute Gasteiger partial charge is 0.455 e. The van der Waals surface area contributed by atoms with Crippen LogP contribution in [0, 0.1) is 16.7 Å². The Labute approximate surface area is 203 Å². The molecule has 0 radical (unpaired) electrons. The second-order valence-electron chi connectivity index (χ2n) is 8.44. The lowest BCUT2D eigenvalue weighted by molar-refractivity contribution is 0.671. The number of nitrogens with zero attached hydrogens (tertiary/aromatic N) is 1. The molecular weight excluding hydrogens is 428 g/mol. The highest BCUT2D eigenvalue weighted by Crippen LogP contribution is 2.43. The number of hydrogen-bond acceptors (Lipinski definition) is 3. The van der Waals surface area contributed by atoms with E-state index in [0.29, 0.717) is 11.1 Å². The molecule has 0 spiro atoms. The molecule has 0 unspecified atom stereocenters. The Morgan fingerprint density at radius 3 is 2.03 bits per heavy atom. The number of hydrogen-bond donors (Lipinski definition) is 1. The molecule has 0 amide bonds. The normalized spacial score (nSPS) is 10.9. The van der Waals surface area contributed by atoms with Crippen molar-refractivity contribution in [3.05, 3.63) is 120 Å². The van der Waals surface area contributed by atoms with Gasteiger partial charge in [0.2, 0.25) is 0 Å². The summed E-state index contributed by atoms with van der Waals surface area (Å²) in [7, 11) is 0. The zero-order valence-corrected chi connectivity index (χ0v) is 18.8. The van der Waals surface area contributed by atoms with Crippen LogP contribution in [0.2, 0.25) is 0 Å². The lowest BCUT2D eigenvalue weighted by atomic mass is 9.93.